The summed E-state index contributed by atoms with van der Waals surface area (Å²) in [7, 11) is 4.17. The van der Waals surface area contributed by atoms with E-state index in [0.29, 0.717) is 6.04 Å². The Bertz CT molecular complexity index is 255. The number of aliphatic hydroxyl groups excluding tert-OH is 1. The van der Waals surface area contributed by atoms with Gasteiger partial charge in [0.2, 0.25) is 0 Å². The van der Waals surface area contributed by atoms with E-state index in [2.05, 4.69) is 36.1 Å². The fraction of sp³-hybridized carbons (Fsp3) is 1.00. The van der Waals surface area contributed by atoms with Crippen LogP contribution in [0, 0.1) is 0 Å². The van der Waals surface area contributed by atoms with Gasteiger partial charge in [-0.1, -0.05) is 0 Å². The van der Waals surface area contributed by atoms with Gasteiger partial charge in [-0.25, -0.2) is 0 Å². The van der Waals surface area contributed by atoms with Gasteiger partial charge in [0.25, 0.3) is 0 Å². The fourth-order valence-electron chi connectivity index (χ4n) is 2.99. The summed E-state index contributed by atoms with van der Waals surface area (Å²) in [6.07, 6.45) is 3.78. The second-order valence-electron chi connectivity index (χ2n) is 6.13. The Labute approximate surface area is 105 Å². The molecule has 0 radical (unpaired) electrons. The molecular weight excluding hydrogens is 214 g/mol. The first-order valence-corrected chi connectivity index (χ1v) is 6.83. The molecule has 1 saturated carbocycles. The van der Waals surface area contributed by atoms with Gasteiger partial charge in [-0.2, -0.15) is 0 Å². The zero-order valence-electron chi connectivity index (χ0n) is 11.4. The number of likely N-dealkylation sites (tertiary alicyclic amines) is 1. The van der Waals surface area contributed by atoms with E-state index < -0.39 is 0 Å². The predicted octanol–water partition coefficient (Wildman–Crippen LogP) is 0.125. The molecule has 0 aromatic heterocycles. The van der Waals surface area contributed by atoms with E-state index in [1.807, 2.05) is 0 Å². The summed E-state index contributed by atoms with van der Waals surface area (Å²) in [6, 6.07) is 1.41. The van der Waals surface area contributed by atoms with Gasteiger partial charge in [0.1, 0.15) is 0 Å². The van der Waals surface area contributed by atoms with Crippen molar-refractivity contribution in [1.29, 1.82) is 0 Å². The summed E-state index contributed by atoms with van der Waals surface area (Å²) >= 11 is 0. The van der Waals surface area contributed by atoms with Crippen LogP contribution in [0.15, 0.2) is 0 Å². The summed E-state index contributed by atoms with van der Waals surface area (Å²) in [6.45, 7) is 5.55. The number of hydrogen-bond donors (Lipinski definition) is 2. The van der Waals surface area contributed by atoms with Gasteiger partial charge in [-0.15, -0.1) is 0 Å². The topological polar surface area (TPSA) is 38.7 Å². The van der Waals surface area contributed by atoms with Gasteiger partial charge in [0, 0.05) is 31.7 Å². The van der Waals surface area contributed by atoms with Crippen molar-refractivity contribution >= 4 is 0 Å². The van der Waals surface area contributed by atoms with E-state index in [1.54, 1.807) is 0 Å². The van der Waals surface area contributed by atoms with Crippen LogP contribution in [0.1, 0.15) is 26.2 Å². The molecule has 0 amide bonds. The molecule has 0 aromatic carbocycles. The highest BCUT2D eigenvalue weighted by Crippen LogP contribution is 2.36. The maximum Gasteiger partial charge on any atom is 0.0626 e. The summed E-state index contributed by atoms with van der Waals surface area (Å²) < 4.78 is 0. The molecule has 17 heavy (non-hydrogen) atoms. The van der Waals surface area contributed by atoms with Gasteiger partial charge < -0.3 is 15.3 Å². The number of hydrogen-bond acceptors (Lipinski definition) is 4. The fourth-order valence-corrected chi connectivity index (χ4v) is 2.99. The maximum atomic E-state index is 9.72. The molecule has 1 aliphatic heterocycles. The van der Waals surface area contributed by atoms with Crippen LogP contribution in [0.5, 0.6) is 0 Å². The number of rotatable bonds is 6. The molecule has 2 N–H and O–H groups in total. The molecule has 4 nitrogen and oxygen atoms in total. The zero-order valence-corrected chi connectivity index (χ0v) is 11.4. The summed E-state index contributed by atoms with van der Waals surface area (Å²) in [5.74, 6) is 0. The minimum atomic E-state index is -0.0575. The Balaban J connectivity index is 1.86. The van der Waals surface area contributed by atoms with Crippen molar-refractivity contribution < 1.29 is 5.11 Å². The van der Waals surface area contributed by atoms with Crippen molar-refractivity contribution in [3.8, 4) is 0 Å². The maximum absolute atomic E-state index is 9.72. The van der Waals surface area contributed by atoms with Crippen LogP contribution < -0.4 is 5.32 Å². The van der Waals surface area contributed by atoms with Crippen LogP contribution in [-0.4, -0.2) is 72.9 Å². The van der Waals surface area contributed by atoms with Crippen LogP contribution >= 0.6 is 0 Å². The highest BCUT2D eigenvalue weighted by atomic mass is 16.3. The van der Waals surface area contributed by atoms with E-state index in [-0.39, 0.29) is 12.1 Å². The Morgan fingerprint density at radius 3 is 2.65 bits per heavy atom. The molecule has 0 bridgehead atoms. The Morgan fingerprint density at radius 1 is 1.41 bits per heavy atom. The SMILES string of the molecule is CC1CC(CO)(NCCN(C)C)CN1C1CC1. The van der Waals surface area contributed by atoms with Crippen molar-refractivity contribution in [3.63, 3.8) is 0 Å². The largest absolute Gasteiger partial charge is 0.394 e. The lowest BCUT2D eigenvalue weighted by Crippen LogP contribution is -2.52. The normalized spacial score (nSPS) is 34.8. The van der Waals surface area contributed by atoms with Crippen molar-refractivity contribution in [2.24, 2.45) is 0 Å². The van der Waals surface area contributed by atoms with E-state index in [1.165, 1.54) is 12.8 Å². The van der Waals surface area contributed by atoms with Crippen LogP contribution in [0.3, 0.4) is 0 Å². The standard InChI is InChI=1S/C13H27N3O/c1-11-8-13(10-17,14-6-7-15(2)3)9-16(11)12-4-5-12/h11-12,14,17H,4-10H2,1-3H3. The smallest absolute Gasteiger partial charge is 0.0626 e. The zero-order chi connectivity index (χ0) is 12.5. The molecule has 4 heteroatoms. The first kappa shape index (κ1) is 13.3. The minimum Gasteiger partial charge on any atom is -0.394 e. The number of nitrogens with zero attached hydrogens (tertiary/aromatic N) is 2. The summed E-state index contributed by atoms with van der Waals surface area (Å²) in [5.41, 5.74) is -0.0575. The van der Waals surface area contributed by atoms with E-state index in [9.17, 15) is 5.11 Å². The van der Waals surface area contributed by atoms with Crippen LogP contribution in [-0.2, 0) is 0 Å². The monoisotopic (exact) mass is 241 g/mol. The molecular formula is C13H27N3O. The van der Waals surface area contributed by atoms with Crippen LogP contribution in [0.2, 0.25) is 0 Å². The molecule has 100 valence electrons. The minimum absolute atomic E-state index is 0.0575. The molecule has 2 rings (SSSR count). The third kappa shape index (κ3) is 3.19. The third-order valence-corrected chi connectivity index (χ3v) is 4.12. The van der Waals surface area contributed by atoms with Gasteiger partial charge in [0.05, 0.1) is 12.1 Å². The average molecular weight is 241 g/mol. The van der Waals surface area contributed by atoms with Crippen molar-refractivity contribution in [3.05, 3.63) is 0 Å². The molecule has 0 spiro atoms. The predicted molar refractivity (Wildman–Crippen MR) is 70.2 cm³/mol. The highest BCUT2D eigenvalue weighted by Gasteiger charge is 2.46. The van der Waals surface area contributed by atoms with Gasteiger partial charge in [-0.3, -0.25) is 4.90 Å². The lowest BCUT2D eigenvalue weighted by atomic mass is 9.97. The van der Waals surface area contributed by atoms with Crippen LogP contribution in [0.4, 0.5) is 0 Å². The molecule has 2 unspecified atom stereocenters. The Morgan fingerprint density at radius 2 is 2.12 bits per heavy atom. The molecule has 1 heterocycles. The van der Waals surface area contributed by atoms with Gasteiger partial charge in [0.15, 0.2) is 0 Å². The lowest BCUT2D eigenvalue weighted by Gasteiger charge is -2.29. The quantitative estimate of drug-likeness (QED) is 0.693. The second kappa shape index (κ2) is 5.22. The third-order valence-electron chi connectivity index (χ3n) is 4.12. The second-order valence-corrected chi connectivity index (χ2v) is 6.13. The molecule has 2 atom stereocenters. The first-order chi connectivity index (χ1) is 8.06. The number of likely N-dealkylation sites (N-methyl/N-ethyl adjacent to an activating group) is 1. The number of nitrogens with one attached hydrogen (secondary N) is 1. The van der Waals surface area contributed by atoms with E-state index in [4.69, 9.17) is 0 Å². The first-order valence-electron chi connectivity index (χ1n) is 6.83. The molecule has 2 fully saturated rings. The average Bonchev–Trinajstić information content (AvgIpc) is 3.04. The van der Waals surface area contributed by atoms with Crippen LogP contribution in [0.25, 0.3) is 0 Å². The van der Waals surface area contributed by atoms with Gasteiger partial charge in [-0.05, 0) is 40.3 Å². The highest BCUT2D eigenvalue weighted by molar-refractivity contribution is 5.04. The molecule has 1 aliphatic carbocycles. The Hall–Kier alpha value is -0.160. The van der Waals surface area contributed by atoms with Crippen molar-refractivity contribution in [2.45, 2.75) is 43.8 Å². The molecule has 2 aliphatic rings. The number of aliphatic hydroxyl groups is 1. The lowest BCUT2D eigenvalue weighted by molar-refractivity contribution is 0.155. The molecule has 1 saturated heterocycles. The Kier molecular flexibility index (Phi) is 4.08. The van der Waals surface area contributed by atoms with Crippen molar-refractivity contribution in [1.82, 2.24) is 15.1 Å². The molecule has 0 aromatic rings. The van der Waals surface area contributed by atoms with E-state index >= 15 is 0 Å². The van der Waals surface area contributed by atoms with Gasteiger partial charge >= 0.3 is 0 Å². The summed E-state index contributed by atoms with van der Waals surface area (Å²) in [4.78, 5) is 4.76. The van der Waals surface area contributed by atoms with E-state index in [0.717, 1.165) is 32.1 Å². The van der Waals surface area contributed by atoms with Crippen molar-refractivity contribution in [2.75, 3.05) is 40.3 Å². The summed E-state index contributed by atoms with van der Waals surface area (Å²) in [5, 5.41) is 13.3.